The predicted octanol–water partition coefficient (Wildman–Crippen LogP) is 3.16. The zero-order valence-electron chi connectivity index (χ0n) is 15.5. The molecule has 2 amide bonds. The highest BCUT2D eigenvalue weighted by molar-refractivity contribution is 7.99. The molecule has 5 nitrogen and oxygen atoms in total. The minimum atomic E-state index is 0.00406. The van der Waals surface area contributed by atoms with Crippen LogP contribution < -0.4 is 4.74 Å². The molecular weight excluding hydrogens is 360 g/mol. The number of amides is 2. The van der Waals surface area contributed by atoms with E-state index in [4.69, 9.17) is 4.74 Å². The van der Waals surface area contributed by atoms with Crippen molar-refractivity contribution in [2.24, 2.45) is 0 Å². The lowest BCUT2D eigenvalue weighted by molar-refractivity contribution is -0.132. The van der Waals surface area contributed by atoms with Gasteiger partial charge in [-0.2, -0.15) is 0 Å². The molecule has 0 radical (unpaired) electrons. The Labute approximate surface area is 164 Å². The molecule has 0 aromatic heterocycles. The Morgan fingerprint density at radius 1 is 0.926 bits per heavy atom. The van der Waals surface area contributed by atoms with Gasteiger partial charge < -0.3 is 14.5 Å². The molecule has 6 heteroatoms. The van der Waals surface area contributed by atoms with Crippen molar-refractivity contribution in [1.82, 2.24) is 9.80 Å². The molecule has 0 spiro atoms. The molecular formula is C21H24N2O3S. The molecule has 0 aliphatic carbocycles. The summed E-state index contributed by atoms with van der Waals surface area (Å²) >= 11 is 1.70. The van der Waals surface area contributed by atoms with E-state index in [-0.39, 0.29) is 11.8 Å². The third-order valence-corrected chi connectivity index (χ3v) is 5.60. The van der Waals surface area contributed by atoms with Gasteiger partial charge in [0, 0.05) is 48.8 Å². The fourth-order valence-electron chi connectivity index (χ4n) is 3.01. The second kappa shape index (κ2) is 9.46. The first-order valence-electron chi connectivity index (χ1n) is 9.06. The van der Waals surface area contributed by atoms with Crippen LogP contribution in [-0.4, -0.2) is 60.7 Å². The standard InChI is InChI=1S/C21H24N2O3S/c1-26-18-9-7-17(8-10-18)21(25)23-14-12-22(13-15-23)20(24)11-16-27-19-5-3-2-4-6-19/h2-10H,11-16H2,1H3. The Morgan fingerprint density at radius 2 is 1.56 bits per heavy atom. The van der Waals surface area contributed by atoms with Crippen molar-refractivity contribution in [3.05, 3.63) is 60.2 Å². The van der Waals surface area contributed by atoms with Crippen molar-refractivity contribution in [1.29, 1.82) is 0 Å². The number of carbonyl (C=O) groups excluding carboxylic acids is 2. The molecule has 2 aromatic rings. The van der Waals surface area contributed by atoms with Crippen LogP contribution in [-0.2, 0) is 4.79 Å². The van der Waals surface area contributed by atoms with Crippen LogP contribution in [0.5, 0.6) is 5.75 Å². The van der Waals surface area contributed by atoms with Crippen LogP contribution in [0.2, 0.25) is 0 Å². The molecule has 1 fully saturated rings. The highest BCUT2D eigenvalue weighted by Crippen LogP contribution is 2.19. The van der Waals surface area contributed by atoms with Crippen molar-refractivity contribution in [2.45, 2.75) is 11.3 Å². The molecule has 0 atom stereocenters. The average Bonchev–Trinajstić information content (AvgIpc) is 2.74. The molecule has 0 unspecified atom stereocenters. The molecule has 2 aromatic carbocycles. The summed E-state index contributed by atoms with van der Waals surface area (Å²) in [6, 6.07) is 17.2. The number of methoxy groups -OCH3 is 1. The topological polar surface area (TPSA) is 49.9 Å². The van der Waals surface area contributed by atoms with Crippen LogP contribution in [0.1, 0.15) is 16.8 Å². The second-order valence-electron chi connectivity index (χ2n) is 6.31. The Morgan fingerprint density at radius 3 is 2.19 bits per heavy atom. The van der Waals surface area contributed by atoms with Crippen molar-refractivity contribution in [2.75, 3.05) is 39.0 Å². The Hall–Kier alpha value is -2.47. The first-order chi connectivity index (χ1) is 13.2. The maximum Gasteiger partial charge on any atom is 0.253 e. The average molecular weight is 385 g/mol. The summed E-state index contributed by atoms with van der Waals surface area (Å²) in [5.41, 5.74) is 0.648. The molecule has 27 heavy (non-hydrogen) atoms. The van der Waals surface area contributed by atoms with Crippen LogP contribution in [0.25, 0.3) is 0 Å². The number of nitrogens with zero attached hydrogens (tertiary/aromatic N) is 2. The molecule has 1 aliphatic rings. The first kappa shape index (κ1) is 19.3. The maximum absolute atomic E-state index is 12.6. The van der Waals surface area contributed by atoms with Gasteiger partial charge in [-0.05, 0) is 36.4 Å². The van der Waals surface area contributed by atoms with Gasteiger partial charge in [0.25, 0.3) is 5.91 Å². The normalized spacial score (nSPS) is 14.1. The summed E-state index contributed by atoms with van der Waals surface area (Å²) in [6.45, 7) is 2.33. The van der Waals surface area contributed by atoms with E-state index in [0.29, 0.717) is 38.2 Å². The van der Waals surface area contributed by atoms with Gasteiger partial charge in [-0.3, -0.25) is 9.59 Å². The Bertz CT molecular complexity index is 757. The fourth-order valence-corrected chi connectivity index (χ4v) is 3.87. The molecule has 0 N–H and O–H groups in total. The van der Waals surface area contributed by atoms with E-state index >= 15 is 0 Å². The van der Waals surface area contributed by atoms with E-state index in [1.54, 1.807) is 43.1 Å². The van der Waals surface area contributed by atoms with Gasteiger partial charge in [0.15, 0.2) is 0 Å². The van der Waals surface area contributed by atoms with Crippen LogP contribution in [0.4, 0.5) is 0 Å². The molecule has 0 saturated carbocycles. The summed E-state index contributed by atoms with van der Waals surface area (Å²) in [4.78, 5) is 29.8. The monoisotopic (exact) mass is 384 g/mol. The lowest BCUT2D eigenvalue weighted by atomic mass is 10.1. The van der Waals surface area contributed by atoms with E-state index in [2.05, 4.69) is 12.1 Å². The van der Waals surface area contributed by atoms with E-state index in [9.17, 15) is 9.59 Å². The summed E-state index contributed by atoms with van der Waals surface area (Å²) in [5, 5.41) is 0. The van der Waals surface area contributed by atoms with Gasteiger partial charge in [-0.1, -0.05) is 18.2 Å². The number of piperazine rings is 1. The molecule has 142 valence electrons. The Kier molecular flexibility index (Phi) is 6.76. The zero-order valence-corrected chi connectivity index (χ0v) is 16.3. The summed E-state index contributed by atoms with van der Waals surface area (Å²) in [7, 11) is 1.60. The van der Waals surface area contributed by atoms with Crippen molar-refractivity contribution >= 4 is 23.6 Å². The lowest BCUT2D eigenvalue weighted by Gasteiger charge is -2.35. The minimum Gasteiger partial charge on any atom is -0.497 e. The van der Waals surface area contributed by atoms with Gasteiger partial charge in [0.05, 0.1) is 7.11 Å². The summed E-state index contributed by atoms with van der Waals surface area (Å²) in [5.74, 6) is 1.67. The highest BCUT2D eigenvalue weighted by atomic mass is 32.2. The predicted molar refractivity (Wildman–Crippen MR) is 107 cm³/mol. The van der Waals surface area contributed by atoms with Crippen LogP contribution >= 0.6 is 11.8 Å². The molecule has 0 bridgehead atoms. The van der Waals surface area contributed by atoms with Crippen molar-refractivity contribution in [3.8, 4) is 5.75 Å². The van der Waals surface area contributed by atoms with Gasteiger partial charge in [0.2, 0.25) is 5.91 Å². The molecule has 3 rings (SSSR count). The molecule has 1 heterocycles. The first-order valence-corrected chi connectivity index (χ1v) is 10.0. The zero-order chi connectivity index (χ0) is 19.1. The number of benzene rings is 2. The Balaban J connectivity index is 1.43. The number of rotatable bonds is 6. The van der Waals surface area contributed by atoms with E-state index in [1.165, 1.54) is 4.90 Å². The van der Waals surface area contributed by atoms with Gasteiger partial charge in [0.1, 0.15) is 5.75 Å². The fraction of sp³-hybridized carbons (Fsp3) is 0.333. The van der Waals surface area contributed by atoms with Crippen LogP contribution in [0.3, 0.4) is 0 Å². The van der Waals surface area contributed by atoms with Crippen molar-refractivity contribution < 1.29 is 14.3 Å². The quantitative estimate of drug-likeness (QED) is 0.718. The number of thioether (sulfide) groups is 1. The lowest BCUT2D eigenvalue weighted by Crippen LogP contribution is -2.50. The van der Waals surface area contributed by atoms with E-state index < -0.39 is 0 Å². The number of hydrogen-bond acceptors (Lipinski definition) is 4. The van der Waals surface area contributed by atoms with E-state index in [0.717, 1.165) is 11.5 Å². The van der Waals surface area contributed by atoms with E-state index in [1.807, 2.05) is 28.0 Å². The second-order valence-corrected chi connectivity index (χ2v) is 7.48. The third-order valence-electron chi connectivity index (χ3n) is 4.58. The smallest absolute Gasteiger partial charge is 0.253 e. The number of ether oxygens (including phenoxy) is 1. The van der Waals surface area contributed by atoms with Gasteiger partial charge in [-0.15, -0.1) is 11.8 Å². The third kappa shape index (κ3) is 5.26. The van der Waals surface area contributed by atoms with Gasteiger partial charge in [-0.25, -0.2) is 0 Å². The maximum atomic E-state index is 12.6. The van der Waals surface area contributed by atoms with Gasteiger partial charge >= 0.3 is 0 Å². The van der Waals surface area contributed by atoms with Crippen LogP contribution in [0, 0.1) is 0 Å². The minimum absolute atomic E-state index is 0.00406. The highest BCUT2D eigenvalue weighted by Gasteiger charge is 2.24. The largest absolute Gasteiger partial charge is 0.497 e. The molecule has 1 saturated heterocycles. The number of hydrogen-bond donors (Lipinski definition) is 0. The molecule has 1 aliphatic heterocycles. The van der Waals surface area contributed by atoms with Crippen LogP contribution in [0.15, 0.2) is 59.5 Å². The van der Waals surface area contributed by atoms with Crippen molar-refractivity contribution in [3.63, 3.8) is 0 Å². The number of carbonyl (C=O) groups is 2. The SMILES string of the molecule is COc1ccc(C(=O)N2CCN(C(=O)CCSc3ccccc3)CC2)cc1. The summed E-state index contributed by atoms with van der Waals surface area (Å²) in [6.07, 6.45) is 0.520. The summed E-state index contributed by atoms with van der Waals surface area (Å²) < 4.78 is 5.12.